The lowest BCUT2D eigenvalue weighted by molar-refractivity contribution is -0.126. The second kappa shape index (κ2) is 3.04. The quantitative estimate of drug-likeness (QED) is 0.571. The maximum absolute atomic E-state index is 11.3. The van der Waals surface area contributed by atoms with E-state index in [-0.39, 0.29) is 0 Å². The van der Waals surface area contributed by atoms with Gasteiger partial charge < -0.3 is 0 Å². The second-order valence-electron chi connectivity index (χ2n) is 4.05. The van der Waals surface area contributed by atoms with Crippen molar-refractivity contribution in [1.29, 1.82) is 0 Å². The van der Waals surface area contributed by atoms with Crippen molar-refractivity contribution in [1.82, 2.24) is 4.90 Å². The number of carbonyl (C=O) groups is 1. The van der Waals surface area contributed by atoms with Crippen LogP contribution in [0.3, 0.4) is 0 Å². The Kier molecular flexibility index (Phi) is 2.17. The maximum atomic E-state index is 11.3. The van der Waals surface area contributed by atoms with Crippen molar-refractivity contribution in [3.05, 3.63) is 0 Å². The molecule has 0 spiro atoms. The Morgan fingerprint density at radius 2 is 1.83 bits per heavy atom. The summed E-state index contributed by atoms with van der Waals surface area (Å²) in [6.45, 7) is 0. The van der Waals surface area contributed by atoms with Crippen LogP contribution in [0.5, 0.6) is 0 Å². The highest BCUT2D eigenvalue weighted by Gasteiger charge is 2.37. The van der Waals surface area contributed by atoms with Crippen molar-refractivity contribution in [3.63, 3.8) is 0 Å². The van der Waals surface area contributed by atoms with E-state index in [1.807, 2.05) is 0 Å². The summed E-state index contributed by atoms with van der Waals surface area (Å²) in [4.78, 5) is 13.6. The largest absolute Gasteiger partial charge is 0.300 e. The Morgan fingerprint density at radius 1 is 1.33 bits per heavy atom. The van der Waals surface area contributed by atoms with Crippen LogP contribution in [-0.4, -0.2) is 35.1 Å². The molecule has 2 aliphatic rings. The van der Waals surface area contributed by atoms with Crippen molar-refractivity contribution in [3.8, 4) is 0 Å². The SMILES string of the molecule is CN1C2CC(=O)CC1CC(S)C2. The molecule has 2 unspecified atom stereocenters. The van der Waals surface area contributed by atoms with E-state index in [0.29, 0.717) is 23.1 Å². The summed E-state index contributed by atoms with van der Waals surface area (Å²) in [6.07, 6.45) is 3.68. The standard InChI is InChI=1S/C9H15NOS/c1-10-6-2-8(11)3-7(10)5-9(12)4-6/h6-7,9,12H,2-5H2,1H3. The number of fused-ring (bicyclic) bond motifs is 2. The number of rotatable bonds is 0. The van der Waals surface area contributed by atoms with Crippen LogP contribution in [0.15, 0.2) is 0 Å². The molecule has 2 aliphatic heterocycles. The molecule has 0 radical (unpaired) electrons. The lowest BCUT2D eigenvalue weighted by Gasteiger charge is -2.45. The highest BCUT2D eigenvalue weighted by molar-refractivity contribution is 7.80. The smallest absolute Gasteiger partial charge is 0.136 e. The topological polar surface area (TPSA) is 20.3 Å². The minimum atomic E-state index is 0.448. The third-order valence-electron chi connectivity index (χ3n) is 3.17. The molecule has 2 saturated heterocycles. The second-order valence-corrected chi connectivity index (χ2v) is 4.78. The van der Waals surface area contributed by atoms with Crippen molar-refractivity contribution >= 4 is 18.4 Å². The van der Waals surface area contributed by atoms with E-state index < -0.39 is 0 Å². The number of ketones is 1. The van der Waals surface area contributed by atoms with Crippen molar-refractivity contribution in [2.45, 2.75) is 43.0 Å². The Hall–Kier alpha value is -0.0200. The lowest BCUT2D eigenvalue weighted by atomic mass is 9.84. The van der Waals surface area contributed by atoms with E-state index in [9.17, 15) is 4.79 Å². The lowest BCUT2D eigenvalue weighted by Crippen LogP contribution is -2.52. The van der Waals surface area contributed by atoms with Gasteiger partial charge >= 0.3 is 0 Å². The number of hydrogen-bond donors (Lipinski definition) is 1. The van der Waals surface area contributed by atoms with Gasteiger partial charge in [-0.15, -0.1) is 0 Å². The normalized spacial score (nSPS) is 43.2. The molecule has 2 atom stereocenters. The predicted octanol–water partition coefficient (Wildman–Crippen LogP) is 1.11. The van der Waals surface area contributed by atoms with Crippen LogP contribution in [0.2, 0.25) is 0 Å². The first-order valence-electron chi connectivity index (χ1n) is 4.58. The van der Waals surface area contributed by atoms with Crippen LogP contribution in [0.25, 0.3) is 0 Å². The summed E-state index contributed by atoms with van der Waals surface area (Å²) in [5.41, 5.74) is 0. The molecule has 2 fully saturated rings. The monoisotopic (exact) mass is 185 g/mol. The summed E-state index contributed by atoms with van der Waals surface area (Å²) in [6, 6.07) is 0.958. The van der Waals surface area contributed by atoms with E-state index in [4.69, 9.17) is 0 Å². The Bertz CT molecular complexity index is 189. The maximum Gasteiger partial charge on any atom is 0.136 e. The molecule has 0 amide bonds. The molecule has 12 heavy (non-hydrogen) atoms. The van der Waals surface area contributed by atoms with Gasteiger partial charge in [0, 0.05) is 30.2 Å². The molecule has 0 N–H and O–H groups in total. The van der Waals surface area contributed by atoms with E-state index in [0.717, 1.165) is 25.7 Å². The third kappa shape index (κ3) is 1.40. The van der Waals surface area contributed by atoms with Gasteiger partial charge in [-0.2, -0.15) is 12.6 Å². The summed E-state index contributed by atoms with van der Waals surface area (Å²) in [7, 11) is 2.14. The number of piperidine rings is 2. The van der Waals surface area contributed by atoms with Crippen LogP contribution in [0.1, 0.15) is 25.7 Å². The van der Waals surface area contributed by atoms with Gasteiger partial charge in [-0.25, -0.2) is 0 Å². The highest BCUT2D eigenvalue weighted by atomic mass is 32.1. The first-order chi connectivity index (χ1) is 5.66. The first kappa shape index (κ1) is 8.57. The molecule has 0 aromatic heterocycles. The number of hydrogen-bond acceptors (Lipinski definition) is 3. The average Bonchev–Trinajstić information content (AvgIpc) is 1.94. The average molecular weight is 185 g/mol. The van der Waals surface area contributed by atoms with Gasteiger partial charge in [0.05, 0.1) is 0 Å². The zero-order valence-electron chi connectivity index (χ0n) is 7.36. The molecule has 0 aromatic rings. The summed E-state index contributed by atoms with van der Waals surface area (Å²) in [5, 5.41) is 0.518. The van der Waals surface area contributed by atoms with E-state index in [2.05, 4.69) is 24.6 Å². The van der Waals surface area contributed by atoms with E-state index >= 15 is 0 Å². The first-order valence-corrected chi connectivity index (χ1v) is 5.10. The third-order valence-corrected chi connectivity index (χ3v) is 3.59. The summed E-state index contributed by atoms with van der Waals surface area (Å²) >= 11 is 4.50. The van der Waals surface area contributed by atoms with Gasteiger partial charge in [0.15, 0.2) is 0 Å². The Morgan fingerprint density at radius 3 is 2.33 bits per heavy atom. The molecule has 0 saturated carbocycles. The Labute approximate surface area is 78.7 Å². The van der Waals surface area contributed by atoms with Crippen LogP contribution in [0, 0.1) is 0 Å². The zero-order chi connectivity index (χ0) is 8.72. The van der Waals surface area contributed by atoms with Crippen molar-refractivity contribution in [2.75, 3.05) is 7.05 Å². The fourth-order valence-electron chi connectivity index (χ4n) is 2.42. The minimum absolute atomic E-state index is 0.448. The van der Waals surface area contributed by atoms with Gasteiger partial charge in [-0.1, -0.05) is 0 Å². The van der Waals surface area contributed by atoms with Gasteiger partial charge in [-0.05, 0) is 19.9 Å². The van der Waals surface area contributed by atoms with E-state index in [1.165, 1.54) is 0 Å². The van der Waals surface area contributed by atoms with E-state index in [1.54, 1.807) is 0 Å². The number of Topliss-reactive ketones (excluding diaryl/α,β-unsaturated/α-hetero) is 1. The fourth-order valence-corrected chi connectivity index (χ4v) is 2.91. The van der Waals surface area contributed by atoms with Gasteiger partial charge in [0.2, 0.25) is 0 Å². The highest BCUT2D eigenvalue weighted by Crippen LogP contribution is 2.32. The molecule has 2 rings (SSSR count). The van der Waals surface area contributed by atoms with Crippen LogP contribution in [0.4, 0.5) is 0 Å². The van der Waals surface area contributed by atoms with Crippen LogP contribution < -0.4 is 0 Å². The van der Waals surface area contributed by atoms with Crippen molar-refractivity contribution in [2.24, 2.45) is 0 Å². The number of carbonyl (C=O) groups excluding carboxylic acids is 1. The molecule has 68 valence electrons. The molecule has 0 aromatic carbocycles. The minimum Gasteiger partial charge on any atom is -0.300 e. The Balaban J connectivity index is 2.13. The van der Waals surface area contributed by atoms with Gasteiger partial charge in [-0.3, -0.25) is 9.69 Å². The van der Waals surface area contributed by atoms with Gasteiger partial charge in [0.25, 0.3) is 0 Å². The fraction of sp³-hybridized carbons (Fsp3) is 0.889. The predicted molar refractivity (Wildman–Crippen MR) is 51.6 cm³/mol. The molecule has 2 heterocycles. The molecular weight excluding hydrogens is 170 g/mol. The van der Waals surface area contributed by atoms with Crippen LogP contribution in [-0.2, 0) is 4.79 Å². The van der Waals surface area contributed by atoms with Gasteiger partial charge in [0.1, 0.15) is 5.78 Å². The zero-order valence-corrected chi connectivity index (χ0v) is 8.26. The summed E-state index contributed by atoms with van der Waals surface area (Å²) in [5.74, 6) is 0.448. The number of thiol groups is 1. The molecular formula is C9H15NOS. The number of nitrogens with zero attached hydrogens (tertiary/aromatic N) is 1. The van der Waals surface area contributed by atoms with Crippen LogP contribution >= 0.6 is 12.6 Å². The molecule has 3 heteroatoms. The molecule has 2 nitrogen and oxygen atoms in total. The van der Waals surface area contributed by atoms with Crippen molar-refractivity contribution < 1.29 is 4.79 Å². The molecule has 2 bridgehead atoms. The summed E-state index contributed by atoms with van der Waals surface area (Å²) < 4.78 is 0. The molecule has 0 aliphatic carbocycles.